The zero-order chi connectivity index (χ0) is 8.93. The number of hydrogen-bond acceptors (Lipinski definition) is 2. The van der Waals surface area contributed by atoms with Gasteiger partial charge in [0.25, 0.3) is 0 Å². The van der Waals surface area contributed by atoms with Gasteiger partial charge in [0.05, 0.1) is 0 Å². The van der Waals surface area contributed by atoms with E-state index in [1.807, 2.05) is 42.5 Å². The van der Waals surface area contributed by atoms with Crippen LogP contribution in [-0.2, 0) is 0 Å². The van der Waals surface area contributed by atoms with Crippen LogP contribution in [0.15, 0.2) is 54.9 Å². The Labute approximate surface area is 89.0 Å². The number of pyridine rings is 1. The second-order valence-electron chi connectivity index (χ2n) is 2.60. The molecule has 1 heterocycles. The second-order valence-corrected chi connectivity index (χ2v) is 2.60. The third-order valence-electron chi connectivity index (χ3n) is 1.63. The fourth-order valence-electron chi connectivity index (χ4n) is 1.03. The van der Waals surface area contributed by atoms with E-state index in [0.29, 0.717) is 0 Å². The van der Waals surface area contributed by atoms with Gasteiger partial charge in [0.1, 0.15) is 11.5 Å². The maximum absolute atomic E-state index is 5.54. The molecule has 3 heteroatoms. The van der Waals surface area contributed by atoms with Crippen molar-refractivity contribution in [3.05, 3.63) is 54.9 Å². The Morgan fingerprint density at radius 2 is 1.36 bits per heavy atom. The van der Waals surface area contributed by atoms with Crippen molar-refractivity contribution in [1.82, 2.24) is 4.98 Å². The number of benzene rings is 1. The third kappa shape index (κ3) is 2.75. The van der Waals surface area contributed by atoms with E-state index in [1.54, 1.807) is 12.4 Å². The maximum atomic E-state index is 5.54. The van der Waals surface area contributed by atoms with Gasteiger partial charge in [0.15, 0.2) is 0 Å². The van der Waals surface area contributed by atoms with E-state index in [4.69, 9.17) is 4.74 Å². The molecule has 72 valence electrons. The Kier molecular flexibility index (Phi) is 3.95. The average molecular weight is 208 g/mol. The van der Waals surface area contributed by atoms with Crippen molar-refractivity contribution in [3.63, 3.8) is 0 Å². The molecular weight excluding hydrogens is 198 g/mol. The highest BCUT2D eigenvalue weighted by molar-refractivity contribution is 5.85. The van der Waals surface area contributed by atoms with Crippen LogP contribution in [-0.4, -0.2) is 4.98 Å². The lowest BCUT2D eigenvalue weighted by atomic mass is 10.3. The highest BCUT2D eigenvalue weighted by Crippen LogP contribution is 2.18. The molecule has 0 bridgehead atoms. The quantitative estimate of drug-likeness (QED) is 0.754. The van der Waals surface area contributed by atoms with Crippen molar-refractivity contribution < 1.29 is 4.74 Å². The lowest BCUT2D eigenvalue weighted by Gasteiger charge is -2.03. The molecule has 0 amide bonds. The smallest absolute Gasteiger partial charge is 0.130 e. The summed E-state index contributed by atoms with van der Waals surface area (Å²) in [6.45, 7) is 0. The Hall–Kier alpha value is -1.54. The van der Waals surface area contributed by atoms with Crippen LogP contribution in [0.4, 0.5) is 0 Å². The molecule has 0 spiro atoms. The summed E-state index contributed by atoms with van der Waals surface area (Å²) in [6, 6.07) is 13.3. The van der Waals surface area contributed by atoms with Crippen LogP contribution in [0.2, 0.25) is 0 Å². The molecule has 1 aromatic heterocycles. The molecule has 0 aliphatic rings. The summed E-state index contributed by atoms with van der Waals surface area (Å²) >= 11 is 0. The van der Waals surface area contributed by atoms with Crippen molar-refractivity contribution >= 4 is 12.4 Å². The summed E-state index contributed by atoms with van der Waals surface area (Å²) in [5.41, 5.74) is 0. The predicted molar refractivity (Wildman–Crippen MR) is 58.0 cm³/mol. The van der Waals surface area contributed by atoms with Gasteiger partial charge in [-0.25, -0.2) is 0 Å². The fourth-order valence-corrected chi connectivity index (χ4v) is 1.03. The molecule has 0 fully saturated rings. The van der Waals surface area contributed by atoms with E-state index in [0.717, 1.165) is 11.5 Å². The molecule has 0 aliphatic heterocycles. The number of rotatable bonds is 2. The zero-order valence-electron chi connectivity index (χ0n) is 7.46. The van der Waals surface area contributed by atoms with E-state index < -0.39 is 0 Å². The first kappa shape index (κ1) is 10.5. The molecule has 0 N–H and O–H groups in total. The van der Waals surface area contributed by atoms with E-state index in [-0.39, 0.29) is 12.4 Å². The van der Waals surface area contributed by atoms with E-state index in [2.05, 4.69) is 4.98 Å². The largest absolute Gasteiger partial charge is 0.457 e. The van der Waals surface area contributed by atoms with Gasteiger partial charge in [-0.05, 0) is 24.3 Å². The van der Waals surface area contributed by atoms with Gasteiger partial charge in [-0.1, -0.05) is 18.2 Å². The Bertz CT molecular complexity index is 326. The van der Waals surface area contributed by atoms with Crippen molar-refractivity contribution in [2.75, 3.05) is 0 Å². The summed E-state index contributed by atoms with van der Waals surface area (Å²) in [6.07, 6.45) is 3.41. The molecule has 0 unspecified atom stereocenters. The fraction of sp³-hybridized carbons (Fsp3) is 0. The van der Waals surface area contributed by atoms with Gasteiger partial charge in [0, 0.05) is 12.4 Å². The third-order valence-corrected chi connectivity index (χ3v) is 1.63. The molecule has 2 aromatic rings. The van der Waals surface area contributed by atoms with Crippen LogP contribution in [0.1, 0.15) is 0 Å². The summed E-state index contributed by atoms with van der Waals surface area (Å²) in [5, 5.41) is 0. The summed E-state index contributed by atoms with van der Waals surface area (Å²) in [7, 11) is 0. The number of nitrogens with zero attached hydrogens (tertiary/aromatic N) is 1. The van der Waals surface area contributed by atoms with Gasteiger partial charge in [0.2, 0.25) is 0 Å². The van der Waals surface area contributed by atoms with E-state index in [1.165, 1.54) is 0 Å². The van der Waals surface area contributed by atoms with E-state index >= 15 is 0 Å². The molecule has 1 aromatic carbocycles. The summed E-state index contributed by atoms with van der Waals surface area (Å²) in [4.78, 5) is 3.91. The number of halogens is 1. The number of aromatic nitrogens is 1. The van der Waals surface area contributed by atoms with Gasteiger partial charge < -0.3 is 4.74 Å². The monoisotopic (exact) mass is 207 g/mol. The maximum Gasteiger partial charge on any atom is 0.130 e. The minimum Gasteiger partial charge on any atom is -0.457 e. The molecule has 2 nitrogen and oxygen atoms in total. The van der Waals surface area contributed by atoms with Crippen molar-refractivity contribution in [2.45, 2.75) is 0 Å². The van der Waals surface area contributed by atoms with Gasteiger partial charge >= 0.3 is 0 Å². The van der Waals surface area contributed by atoms with Crippen LogP contribution in [0.25, 0.3) is 0 Å². The van der Waals surface area contributed by atoms with E-state index in [9.17, 15) is 0 Å². The Morgan fingerprint density at radius 1 is 0.786 bits per heavy atom. The van der Waals surface area contributed by atoms with Crippen LogP contribution in [0.5, 0.6) is 11.5 Å². The first-order chi connectivity index (χ1) is 6.45. The topological polar surface area (TPSA) is 22.1 Å². The molecule has 0 saturated heterocycles. The number of para-hydroxylation sites is 1. The SMILES string of the molecule is Cl.c1ccc(Oc2ccncc2)cc1. The average Bonchev–Trinajstić information content (AvgIpc) is 2.21. The molecule has 0 saturated carbocycles. The lowest BCUT2D eigenvalue weighted by Crippen LogP contribution is -1.82. The zero-order valence-corrected chi connectivity index (χ0v) is 8.28. The van der Waals surface area contributed by atoms with Gasteiger partial charge in [-0.3, -0.25) is 4.98 Å². The number of ether oxygens (including phenoxy) is 1. The standard InChI is InChI=1S/C11H9NO.ClH/c1-2-4-10(5-3-1)13-11-6-8-12-9-7-11;/h1-9H;1H. The minimum absolute atomic E-state index is 0. The molecule has 2 rings (SSSR count). The van der Waals surface area contributed by atoms with Crippen LogP contribution >= 0.6 is 12.4 Å². The summed E-state index contributed by atoms with van der Waals surface area (Å²) < 4.78 is 5.54. The van der Waals surface area contributed by atoms with Crippen LogP contribution < -0.4 is 4.74 Å². The first-order valence-electron chi connectivity index (χ1n) is 4.08. The lowest BCUT2D eigenvalue weighted by molar-refractivity contribution is 0.482. The van der Waals surface area contributed by atoms with Gasteiger partial charge in [-0.15, -0.1) is 12.4 Å². The molecule has 0 atom stereocenters. The second kappa shape index (κ2) is 5.25. The highest BCUT2D eigenvalue weighted by Gasteiger charge is 1.92. The van der Waals surface area contributed by atoms with Crippen molar-refractivity contribution in [3.8, 4) is 11.5 Å². The first-order valence-corrected chi connectivity index (χ1v) is 4.08. The minimum atomic E-state index is 0. The number of hydrogen-bond donors (Lipinski definition) is 0. The molecule has 14 heavy (non-hydrogen) atoms. The van der Waals surface area contributed by atoms with Gasteiger partial charge in [-0.2, -0.15) is 0 Å². The Balaban J connectivity index is 0.000000980. The molecular formula is C11H10ClNO. The van der Waals surface area contributed by atoms with Crippen LogP contribution in [0.3, 0.4) is 0 Å². The van der Waals surface area contributed by atoms with Crippen molar-refractivity contribution in [2.24, 2.45) is 0 Å². The Morgan fingerprint density at radius 3 is 2.00 bits per heavy atom. The molecule has 0 aliphatic carbocycles. The molecule has 0 radical (unpaired) electrons. The van der Waals surface area contributed by atoms with Crippen LogP contribution in [0, 0.1) is 0 Å². The summed E-state index contributed by atoms with van der Waals surface area (Å²) in [5.74, 6) is 1.65. The normalized spacial score (nSPS) is 8.86. The predicted octanol–water partition coefficient (Wildman–Crippen LogP) is 3.30. The van der Waals surface area contributed by atoms with Crippen molar-refractivity contribution in [1.29, 1.82) is 0 Å². The highest BCUT2D eigenvalue weighted by atomic mass is 35.5.